The molecule has 24 rings (SSSR count). The van der Waals surface area contributed by atoms with Crippen LogP contribution in [0.1, 0.15) is 206 Å². The van der Waals surface area contributed by atoms with Gasteiger partial charge in [-0.15, -0.1) is 0 Å². The minimum absolute atomic E-state index is 0.0190. The number of likely N-dealkylation sites (tertiary alicyclic amines) is 4. The smallest absolute Gasteiger partial charge is 0.163 e. The number of amidine groups is 7. The molecule has 11 heterocycles. The molecule has 7 aromatic carbocycles. The van der Waals surface area contributed by atoms with Crippen molar-refractivity contribution in [3.8, 4) is 74.7 Å². The van der Waals surface area contributed by atoms with Crippen molar-refractivity contribution in [2.24, 2.45) is 86.9 Å². The SMILES string of the molecule is COc1cc2c(cc1OC)C1(CCC1)C(N)=N2.COc1cc2c(cc1OC)N=C(N)C2.COc1cc2c(cc1OCC1CCCN1C)N=C(N)C21CCC1.COc1cc2c(cc1OCC1CCN(C)C1)N=C(N)C21CCC1.COc1cc2c(cc1OCCC1CCCN1C)N=C(N)C21CCC1.COc1cc2c(cc1OCCCN1CC(C)C1)N=C(N)C21CCC1.COc1ccc2c(c1)C1(CCC1)C(N)=N2. The van der Waals surface area contributed by atoms with Gasteiger partial charge in [0.2, 0.25) is 0 Å². The highest BCUT2D eigenvalue weighted by Gasteiger charge is 2.54. The van der Waals surface area contributed by atoms with Crippen molar-refractivity contribution in [2.45, 2.75) is 218 Å². The summed E-state index contributed by atoms with van der Waals surface area (Å²) in [5.41, 5.74) is 57.6. The molecular weight excluding hydrogens is 1770 g/mol. The van der Waals surface area contributed by atoms with Gasteiger partial charge in [0.25, 0.3) is 0 Å². The fourth-order valence-electron chi connectivity index (χ4n) is 23.7. The fourth-order valence-corrected chi connectivity index (χ4v) is 23.7. The first kappa shape index (κ1) is 98.3. The van der Waals surface area contributed by atoms with Crippen molar-refractivity contribution >= 4 is 80.7 Å². The third-order valence-corrected chi connectivity index (χ3v) is 33.2. The van der Waals surface area contributed by atoms with Crippen molar-refractivity contribution in [1.29, 1.82) is 0 Å². The van der Waals surface area contributed by atoms with Crippen LogP contribution in [-0.4, -0.2) is 230 Å². The highest BCUT2D eigenvalue weighted by molar-refractivity contribution is 6.05. The summed E-state index contributed by atoms with van der Waals surface area (Å²) < 4.78 is 72.7. The van der Waals surface area contributed by atoms with E-state index in [9.17, 15) is 0 Å². The predicted molar refractivity (Wildman–Crippen MR) is 554 cm³/mol. The van der Waals surface area contributed by atoms with Gasteiger partial charge in [0.05, 0.1) is 156 Å². The molecule has 10 fully saturated rings. The summed E-state index contributed by atoms with van der Waals surface area (Å²) in [6.07, 6.45) is 29.4. The van der Waals surface area contributed by atoms with Crippen molar-refractivity contribution in [3.05, 3.63) is 130 Å². The van der Waals surface area contributed by atoms with Gasteiger partial charge < -0.3 is 121 Å². The molecular formula is C109H146N18O13. The van der Waals surface area contributed by atoms with Gasteiger partial charge in [0, 0.05) is 87.0 Å². The van der Waals surface area contributed by atoms with Crippen LogP contribution in [0.25, 0.3) is 0 Å². The Morgan fingerprint density at radius 1 is 0.321 bits per heavy atom. The summed E-state index contributed by atoms with van der Waals surface area (Å²) in [4.78, 5) is 41.1. The van der Waals surface area contributed by atoms with Gasteiger partial charge in [-0.2, -0.15) is 0 Å². The molecule has 0 amide bonds. The van der Waals surface area contributed by atoms with Crippen LogP contribution in [-0.2, 0) is 38.9 Å². The Labute approximate surface area is 824 Å². The quantitative estimate of drug-likeness (QED) is 0.0276. The number of aliphatic imine (C=N–C) groups is 7. The number of rotatable bonds is 24. The molecule has 14 N–H and O–H groups in total. The average molecular weight is 1920 g/mol. The number of benzene rings is 7. The van der Waals surface area contributed by atoms with E-state index in [0.29, 0.717) is 61.6 Å². The number of hydrogen-bond acceptors (Lipinski definition) is 31. The highest BCUT2D eigenvalue weighted by Crippen LogP contribution is 2.61. The van der Waals surface area contributed by atoms with Crippen LogP contribution in [0.15, 0.2) is 126 Å². The zero-order valence-electron chi connectivity index (χ0n) is 84.4. The van der Waals surface area contributed by atoms with Gasteiger partial charge in [0.15, 0.2) is 69.0 Å². The predicted octanol–water partition coefficient (Wildman–Crippen LogP) is 16.4. The van der Waals surface area contributed by atoms with Crippen LogP contribution in [0, 0.1) is 11.8 Å². The lowest BCUT2D eigenvalue weighted by Gasteiger charge is -2.39. The molecule has 11 aliphatic heterocycles. The van der Waals surface area contributed by atoms with Crippen LogP contribution < -0.4 is 102 Å². The molecule has 4 saturated heterocycles. The second-order valence-electron chi connectivity index (χ2n) is 41.2. The molecule has 7 aromatic rings. The average Bonchev–Trinajstić information content (AvgIpc) is 1.56. The molecule has 750 valence electrons. The van der Waals surface area contributed by atoms with Crippen LogP contribution in [0.2, 0.25) is 0 Å². The van der Waals surface area contributed by atoms with Gasteiger partial charge in [-0.3, -0.25) is 0 Å². The molecule has 0 bridgehead atoms. The summed E-state index contributed by atoms with van der Waals surface area (Å²) in [6.45, 7) is 13.3. The van der Waals surface area contributed by atoms with Gasteiger partial charge in [-0.25, -0.2) is 34.9 Å². The minimum atomic E-state index is -0.0349. The Morgan fingerprint density at radius 3 is 1.01 bits per heavy atom. The molecule has 0 aromatic heterocycles. The lowest BCUT2D eigenvalue weighted by molar-refractivity contribution is 0.105. The molecule has 140 heavy (non-hydrogen) atoms. The van der Waals surface area contributed by atoms with E-state index in [4.69, 9.17) is 102 Å². The molecule has 0 radical (unpaired) electrons. The molecule has 6 aliphatic carbocycles. The first-order chi connectivity index (χ1) is 67.7. The number of nitrogens with two attached hydrogens (primary N) is 7. The number of fused-ring (bicyclic) bond motifs is 13. The van der Waals surface area contributed by atoms with Gasteiger partial charge in [0.1, 0.15) is 53.2 Å². The molecule has 3 atom stereocenters. The Hall–Kier alpha value is -11.9. The van der Waals surface area contributed by atoms with Crippen molar-refractivity contribution in [2.75, 3.05) is 157 Å². The number of nitrogens with zero attached hydrogens (tertiary/aromatic N) is 11. The molecule has 31 nitrogen and oxygen atoms in total. The summed E-state index contributed by atoms with van der Waals surface area (Å²) >= 11 is 0. The first-order valence-electron chi connectivity index (χ1n) is 50.6. The van der Waals surface area contributed by atoms with Crippen LogP contribution in [0.3, 0.4) is 0 Å². The molecule has 3 unspecified atom stereocenters. The summed E-state index contributed by atoms with van der Waals surface area (Å²) in [7, 11) is 21.5. The monoisotopic (exact) mass is 1920 g/mol. The lowest BCUT2D eigenvalue weighted by Crippen LogP contribution is -2.45. The van der Waals surface area contributed by atoms with E-state index in [0.717, 1.165) is 272 Å². The number of ether oxygens (including phenoxy) is 13. The van der Waals surface area contributed by atoms with E-state index in [-0.39, 0.29) is 32.5 Å². The number of methoxy groups -OCH3 is 9. The Kier molecular flexibility index (Phi) is 28.7. The summed E-state index contributed by atoms with van der Waals surface area (Å²) in [6, 6.07) is 31.2. The van der Waals surface area contributed by atoms with E-state index in [1.807, 2.05) is 60.7 Å². The Bertz CT molecular complexity index is 5980. The van der Waals surface area contributed by atoms with Crippen LogP contribution >= 0.6 is 0 Å². The maximum Gasteiger partial charge on any atom is 0.163 e. The second-order valence-corrected chi connectivity index (χ2v) is 41.2. The molecule has 17 aliphatic rings. The topological polar surface area (TPSA) is 402 Å². The zero-order valence-corrected chi connectivity index (χ0v) is 84.4. The largest absolute Gasteiger partial charge is 0.497 e. The van der Waals surface area contributed by atoms with E-state index < -0.39 is 0 Å². The molecule has 6 saturated carbocycles. The van der Waals surface area contributed by atoms with E-state index >= 15 is 0 Å². The Balaban J connectivity index is 0.000000109. The van der Waals surface area contributed by atoms with Gasteiger partial charge in [-0.05, 0) is 262 Å². The zero-order chi connectivity index (χ0) is 98.2. The van der Waals surface area contributed by atoms with Gasteiger partial charge in [-0.1, -0.05) is 45.4 Å². The molecule has 31 heteroatoms. The normalized spacial score (nSPS) is 22.1. The van der Waals surface area contributed by atoms with Crippen LogP contribution in [0.5, 0.6) is 74.7 Å². The first-order valence-corrected chi connectivity index (χ1v) is 50.6. The maximum absolute atomic E-state index is 6.23. The standard InChI is InChI=1S/2C19H27N3O2.2C18H25N3O2.C13H16N2O2.C12H14N2O.C10H12N2O2/c1-22-9-3-5-13(22)6-10-24-17-12-15-14(11-16(17)23-2)19(7-4-8-19)18(20)21-15;1-13-11-22(12-13)7-4-8-24-17-10-15-14(9-16(17)23-2)19(5-3-6-19)18(20)21-15;1-21-8-3-5-12(21)11-23-16-10-14-13(9-15(16)22-2)18(6-4-7-18)17(19)20-14;1-21-7-4-12(10-21)11-23-16-9-14-13(8-15(16)22-2)18(5-3-6-18)17(19)20-14;1-16-10-6-8-9(7-11(10)17-2)15-12(14)13(8)4-3-5-13;1-15-8-3-4-10-9(7-8)12(5-2-6-12)11(13)14-10;1-13-8-3-6-4-10(11)12-7(6)5-9(8)14-2/h11-13H,3-10H2,1-2H3,(H2,20,21);9-10,13H,3-8,11-12H2,1-2H3,(H2,20,21);9-10,12H,3-8,11H2,1-2H3,(H2,19,20);8-9,12H,3-7,10-11H2,1-2H3,(H2,19,20);6-7H,3-5H2,1-2H3,(H2,14,15);3-4,7H,2,5-6H2,1H3,(H2,13,14);3,5H,4H2,1-2H3,(H2,11,12). The lowest BCUT2D eigenvalue weighted by atomic mass is 9.64. The van der Waals surface area contributed by atoms with Crippen LogP contribution in [0.4, 0.5) is 39.8 Å². The minimum Gasteiger partial charge on any atom is -0.497 e. The van der Waals surface area contributed by atoms with Crippen molar-refractivity contribution in [3.63, 3.8) is 0 Å². The third kappa shape index (κ3) is 18.4. The molecule has 6 spiro atoms. The Morgan fingerprint density at radius 2 is 0.657 bits per heavy atom. The van der Waals surface area contributed by atoms with E-state index in [1.54, 1.807) is 64.0 Å². The van der Waals surface area contributed by atoms with E-state index in [2.05, 4.69) is 113 Å². The highest BCUT2D eigenvalue weighted by atomic mass is 16.5. The maximum atomic E-state index is 6.23. The summed E-state index contributed by atoms with van der Waals surface area (Å²) in [5, 5.41) is 0. The summed E-state index contributed by atoms with van der Waals surface area (Å²) in [5.74, 6) is 16.7. The van der Waals surface area contributed by atoms with Crippen molar-refractivity contribution in [1.82, 2.24) is 19.6 Å². The third-order valence-electron chi connectivity index (χ3n) is 33.2. The number of hydrogen-bond donors (Lipinski definition) is 7. The van der Waals surface area contributed by atoms with Crippen molar-refractivity contribution < 1.29 is 61.6 Å². The van der Waals surface area contributed by atoms with Gasteiger partial charge >= 0.3 is 0 Å². The fraction of sp³-hybridized carbons (Fsp3) is 0.550. The van der Waals surface area contributed by atoms with E-state index in [1.165, 1.54) is 124 Å². The second kappa shape index (κ2) is 41.0. The number of likely N-dealkylation sites (N-methyl/N-ethyl adjacent to an activating group) is 1.